The van der Waals surface area contributed by atoms with Crippen molar-refractivity contribution in [3.05, 3.63) is 0 Å². The van der Waals surface area contributed by atoms with E-state index < -0.39 is 21.8 Å². The van der Waals surface area contributed by atoms with Gasteiger partial charge in [-0.05, 0) is 6.42 Å². The van der Waals surface area contributed by atoms with Crippen molar-refractivity contribution in [1.29, 1.82) is 0 Å². The van der Waals surface area contributed by atoms with E-state index in [1.54, 1.807) is 7.05 Å². The normalized spacial score (nSPS) is 22.0. The number of carbonyl (C=O) groups excluding carboxylic acids is 1. The molecule has 110 valence electrons. The zero-order chi connectivity index (χ0) is 14.6. The van der Waals surface area contributed by atoms with Gasteiger partial charge in [0.25, 0.3) is 0 Å². The van der Waals surface area contributed by atoms with Crippen LogP contribution in [-0.4, -0.2) is 73.0 Å². The number of carbonyl (C=O) groups is 2. The molecule has 0 radical (unpaired) electrons. The maximum Gasteiger partial charge on any atom is 0.320 e. The summed E-state index contributed by atoms with van der Waals surface area (Å²) < 4.78 is 23.1. The number of sulfone groups is 1. The van der Waals surface area contributed by atoms with Gasteiger partial charge in [-0.25, -0.2) is 13.2 Å². The number of nitrogens with zero attached hydrogens (tertiary/aromatic N) is 2. The number of urea groups is 1. The average molecular weight is 292 g/mol. The third-order valence-corrected chi connectivity index (χ3v) is 4.77. The molecule has 0 aliphatic carbocycles. The van der Waals surface area contributed by atoms with Crippen LogP contribution in [0.25, 0.3) is 0 Å². The van der Waals surface area contributed by atoms with Gasteiger partial charge in [-0.3, -0.25) is 4.79 Å². The number of hydrogen-bond donors (Lipinski definition) is 1. The molecule has 0 aromatic heterocycles. The lowest BCUT2D eigenvalue weighted by molar-refractivity contribution is -0.138. The van der Waals surface area contributed by atoms with Crippen LogP contribution in [0.4, 0.5) is 4.79 Å². The summed E-state index contributed by atoms with van der Waals surface area (Å²) in [5.74, 6) is -1.47. The number of rotatable bonds is 4. The second-order valence-corrected chi connectivity index (χ2v) is 6.99. The molecule has 1 saturated heterocycles. The second kappa shape index (κ2) is 6.23. The first-order chi connectivity index (χ1) is 8.76. The Morgan fingerprint density at radius 3 is 2.58 bits per heavy atom. The Morgan fingerprint density at radius 2 is 2.05 bits per heavy atom. The van der Waals surface area contributed by atoms with Crippen molar-refractivity contribution in [1.82, 2.24) is 9.80 Å². The van der Waals surface area contributed by atoms with E-state index in [9.17, 15) is 18.0 Å². The van der Waals surface area contributed by atoms with Gasteiger partial charge in [0.15, 0.2) is 9.84 Å². The molecule has 1 unspecified atom stereocenters. The lowest BCUT2D eigenvalue weighted by Crippen LogP contribution is -2.55. The first-order valence-electron chi connectivity index (χ1n) is 6.20. The zero-order valence-electron chi connectivity index (χ0n) is 11.2. The van der Waals surface area contributed by atoms with E-state index >= 15 is 0 Å². The molecule has 0 aromatic rings. The summed E-state index contributed by atoms with van der Waals surface area (Å²) >= 11 is 0. The largest absolute Gasteiger partial charge is 0.481 e. The fourth-order valence-electron chi connectivity index (χ4n) is 2.16. The molecule has 1 heterocycles. The number of amides is 2. The predicted molar refractivity (Wildman–Crippen MR) is 69.7 cm³/mol. The highest BCUT2D eigenvalue weighted by molar-refractivity contribution is 7.91. The van der Waals surface area contributed by atoms with Gasteiger partial charge < -0.3 is 14.9 Å². The molecule has 1 N–H and O–H groups in total. The van der Waals surface area contributed by atoms with E-state index in [-0.39, 0.29) is 30.5 Å². The Hall–Kier alpha value is -1.31. The van der Waals surface area contributed by atoms with Gasteiger partial charge in [0.2, 0.25) is 0 Å². The smallest absolute Gasteiger partial charge is 0.320 e. The van der Waals surface area contributed by atoms with Gasteiger partial charge in [-0.1, -0.05) is 6.92 Å². The van der Waals surface area contributed by atoms with Crippen molar-refractivity contribution in [2.75, 3.05) is 31.6 Å². The third kappa shape index (κ3) is 4.38. The van der Waals surface area contributed by atoms with Crippen LogP contribution in [0.2, 0.25) is 0 Å². The highest BCUT2D eigenvalue weighted by Crippen LogP contribution is 2.16. The Kier molecular flexibility index (Phi) is 5.16. The molecule has 1 aliphatic heterocycles. The summed E-state index contributed by atoms with van der Waals surface area (Å²) in [5.41, 5.74) is 0. The predicted octanol–water partition coefficient (Wildman–Crippen LogP) is 0.0219. The highest BCUT2D eigenvalue weighted by Gasteiger charge is 2.36. The fraction of sp³-hybridized carbons (Fsp3) is 0.818. The molecule has 19 heavy (non-hydrogen) atoms. The minimum Gasteiger partial charge on any atom is -0.481 e. The molecule has 1 aliphatic rings. The highest BCUT2D eigenvalue weighted by atomic mass is 32.2. The molecule has 0 bridgehead atoms. The average Bonchev–Trinajstić information content (AvgIpc) is 2.26. The molecule has 1 rings (SSSR count). The maximum absolute atomic E-state index is 12.2. The summed E-state index contributed by atoms with van der Waals surface area (Å²) in [4.78, 5) is 25.8. The van der Waals surface area contributed by atoms with Crippen molar-refractivity contribution in [3.63, 3.8) is 0 Å². The summed E-state index contributed by atoms with van der Waals surface area (Å²) in [6, 6.07) is -1.08. The maximum atomic E-state index is 12.2. The van der Waals surface area contributed by atoms with Crippen LogP contribution in [0.3, 0.4) is 0 Å². The molecule has 1 atom stereocenters. The van der Waals surface area contributed by atoms with Crippen LogP contribution < -0.4 is 0 Å². The minimum atomic E-state index is -3.26. The molecule has 8 heteroatoms. The first kappa shape index (κ1) is 15.7. The van der Waals surface area contributed by atoms with Crippen LogP contribution in [0.5, 0.6) is 0 Å². The van der Waals surface area contributed by atoms with Crippen LogP contribution in [-0.2, 0) is 14.6 Å². The van der Waals surface area contributed by atoms with E-state index in [0.29, 0.717) is 6.54 Å². The van der Waals surface area contributed by atoms with E-state index in [2.05, 4.69) is 0 Å². The lowest BCUT2D eigenvalue weighted by atomic mass is 10.2. The summed E-state index contributed by atoms with van der Waals surface area (Å²) in [5, 5.41) is 8.83. The fourth-order valence-corrected chi connectivity index (χ4v) is 3.68. The van der Waals surface area contributed by atoms with Crippen molar-refractivity contribution < 1.29 is 23.1 Å². The SMILES string of the molecule is CCCN(C)C(=O)N1CCS(=O)(=O)CC1CC(=O)O. The summed E-state index contributed by atoms with van der Waals surface area (Å²) in [7, 11) is -1.63. The summed E-state index contributed by atoms with van der Waals surface area (Å²) in [6.07, 6.45) is 0.447. The second-order valence-electron chi connectivity index (χ2n) is 4.76. The van der Waals surface area contributed by atoms with E-state index in [1.807, 2.05) is 6.92 Å². The van der Waals surface area contributed by atoms with Crippen molar-refractivity contribution in [3.8, 4) is 0 Å². The standard InChI is InChI=1S/C11H20N2O5S/c1-3-4-12(2)11(16)13-5-6-19(17,18)8-9(13)7-10(14)15/h9H,3-8H2,1-2H3,(H,14,15). The van der Waals surface area contributed by atoms with E-state index in [4.69, 9.17) is 5.11 Å². The number of hydrogen-bond acceptors (Lipinski definition) is 4. The van der Waals surface area contributed by atoms with Gasteiger partial charge in [-0.15, -0.1) is 0 Å². The molecule has 7 nitrogen and oxygen atoms in total. The molecule has 1 fully saturated rings. The Labute approximate surface area is 113 Å². The number of carboxylic acid groups (broad SMARTS) is 1. The van der Waals surface area contributed by atoms with Crippen LogP contribution in [0, 0.1) is 0 Å². The van der Waals surface area contributed by atoms with E-state index in [1.165, 1.54) is 9.80 Å². The van der Waals surface area contributed by atoms with Crippen LogP contribution in [0.15, 0.2) is 0 Å². The molecule has 0 spiro atoms. The minimum absolute atomic E-state index is 0.0627. The quantitative estimate of drug-likeness (QED) is 0.788. The Morgan fingerprint density at radius 1 is 1.42 bits per heavy atom. The molecular weight excluding hydrogens is 272 g/mol. The molecular formula is C11H20N2O5S. The topological polar surface area (TPSA) is 95.0 Å². The van der Waals surface area contributed by atoms with Gasteiger partial charge in [0.1, 0.15) is 0 Å². The van der Waals surface area contributed by atoms with Crippen molar-refractivity contribution in [2.24, 2.45) is 0 Å². The van der Waals surface area contributed by atoms with Crippen LogP contribution >= 0.6 is 0 Å². The van der Waals surface area contributed by atoms with Gasteiger partial charge in [0.05, 0.1) is 24.0 Å². The van der Waals surface area contributed by atoms with E-state index in [0.717, 1.165) is 6.42 Å². The number of aliphatic carboxylic acids is 1. The monoisotopic (exact) mass is 292 g/mol. The molecule has 0 aromatic carbocycles. The van der Waals surface area contributed by atoms with Gasteiger partial charge in [-0.2, -0.15) is 0 Å². The molecule has 2 amide bonds. The van der Waals surface area contributed by atoms with Gasteiger partial charge >= 0.3 is 12.0 Å². The first-order valence-corrected chi connectivity index (χ1v) is 8.03. The van der Waals surface area contributed by atoms with Crippen molar-refractivity contribution >= 4 is 21.8 Å². The Bertz CT molecular complexity index is 448. The lowest BCUT2D eigenvalue weighted by Gasteiger charge is -2.37. The third-order valence-electron chi connectivity index (χ3n) is 3.07. The number of carboxylic acids is 1. The Balaban J connectivity index is 2.84. The summed E-state index contributed by atoms with van der Waals surface area (Å²) in [6.45, 7) is 2.55. The zero-order valence-corrected chi connectivity index (χ0v) is 12.0. The van der Waals surface area contributed by atoms with Gasteiger partial charge in [0, 0.05) is 20.1 Å². The van der Waals surface area contributed by atoms with Crippen molar-refractivity contribution in [2.45, 2.75) is 25.8 Å². The molecule has 0 saturated carbocycles. The van der Waals surface area contributed by atoms with Crippen LogP contribution in [0.1, 0.15) is 19.8 Å².